The zero-order chi connectivity index (χ0) is 15.5. The number of hydrogen-bond acceptors (Lipinski definition) is 3. The second kappa shape index (κ2) is 6.85. The van der Waals surface area contributed by atoms with Crippen LogP contribution in [0.1, 0.15) is 48.0 Å². The molecule has 20 heavy (non-hydrogen) atoms. The van der Waals surface area contributed by atoms with Gasteiger partial charge in [0.1, 0.15) is 11.0 Å². The monoisotopic (exact) mass is 301 g/mol. The van der Waals surface area contributed by atoms with Crippen LogP contribution in [0.3, 0.4) is 0 Å². The van der Waals surface area contributed by atoms with Crippen LogP contribution in [0.2, 0.25) is 0 Å². The first-order valence-electron chi connectivity index (χ1n) is 7.24. The van der Waals surface area contributed by atoms with Gasteiger partial charge in [0.2, 0.25) is 0 Å². The largest absolute Gasteiger partial charge is 0.463 e. The van der Waals surface area contributed by atoms with Gasteiger partial charge in [-0.05, 0) is 40.0 Å². The van der Waals surface area contributed by atoms with Gasteiger partial charge in [0.05, 0.1) is 23.0 Å². The SMILES string of the molecule is CCOC(=O)C1=CCN(S(=O)C(C)(C)C)[C@H]1CC(C)C. The van der Waals surface area contributed by atoms with Gasteiger partial charge in [0, 0.05) is 6.54 Å². The van der Waals surface area contributed by atoms with E-state index in [0.29, 0.717) is 24.6 Å². The molecule has 0 spiro atoms. The highest BCUT2D eigenvalue weighted by atomic mass is 32.2. The highest BCUT2D eigenvalue weighted by Gasteiger charge is 2.39. The van der Waals surface area contributed by atoms with Crippen LogP contribution in [-0.4, -0.2) is 38.4 Å². The Morgan fingerprint density at radius 1 is 1.50 bits per heavy atom. The van der Waals surface area contributed by atoms with Crippen molar-refractivity contribution in [2.75, 3.05) is 13.2 Å². The first-order chi connectivity index (χ1) is 9.18. The van der Waals surface area contributed by atoms with Gasteiger partial charge in [0.15, 0.2) is 0 Å². The Morgan fingerprint density at radius 2 is 2.10 bits per heavy atom. The van der Waals surface area contributed by atoms with E-state index in [4.69, 9.17) is 4.74 Å². The number of nitrogens with zero attached hydrogens (tertiary/aromatic N) is 1. The molecule has 0 aromatic rings. The van der Waals surface area contributed by atoms with Gasteiger partial charge in [-0.2, -0.15) is 0 Å². The van der Waals surface area contributed by atoms with Crippen molar-refractivity contribution in [2.45, 2.75) is 58.8 Å². The molecule has 1 aliphatic rings. The molecule has 0 aromatic heterocycles. The lowest BCUT2D eigenvalue weighted by Crippen LogP contribution is -2.43. The van der Waals surface area contributed by atoms with Crippen molar-refractivity contribution in [2.24, 2.45) is 5.92 Å². The second-order valence-electron chi connectivity index (χ2n) is 6.49. The van der Waals surface area contributed by atoms with Crippen LogP contribution in [0, 0.1) is 5.92 Å². The van der Waals surface area contributed by atoms with Crippen LogP contribution in [0.5, 0.6) is 0 Å². The summed E-state index contributed by atoms with van der Waals surface area (Å²) in [5.74, 6) is 0.155. The molecule has 0 N–H and O–H groups in total. The molecule has 0 radical (unpaired) electrons. The number of esters is 1. The third-order valence-corrected chi connectivity index (χ3v) is 5.02. The maximum atomic E-state index is 12.6. The van der Waals surface area contributed by atoms with Gasteiger partial charge in [0.25, 0.3) is 0 Å². The van der Waals surface area contributed by atoms with Gasteiger partial charge < -0.3 is 4.74 Å². The first kappa shape index (κ1) is 17.4. The van der Waals surface area contributed by atoms with E-state index in [1.165, 1.54) is 0 Å². The van der Waals surface area contributed by atoms with E-state index >= 15 is 0 Å². The maximum Gasteiger partial charge on any atom is 0.335 e. The fourth-order valence-corrected chi connectivity index (χ4v) is 3.61. The Balaban J connectivity index is 2.95. The Morgan fingerprint density at radius 3 is 2.55 bits per heavy atom. The molecule has 2 atom stereocenters. The summed E-state index contributed by atoms with van der Waals surface area (Å²) in [6.07, 6.45) is 2.68. The molecule has 0 fully saturated rings. The summed E-state index contributed by atoms with van der Waals surface area (Å²) in [4.78, 5) is 12.0. The van der Waals surface area contributed by atoms with E-state index in [1.807, 2.05) is 31.2 Å². The Bertz CT molecular complexity index is 410. The summed E-state index contributed by atoms with van der Waals surface area (Å²) < 4.78 is 19.4. The molecule has 1 unspecified atom stereocenters. The van der Waals surface area contributed by atoms with E-state index < -0.39 is 11.0 Å². The number of ether oxygens (including phenoxy) is 1. The fraction of sp³-hybridized carbons (Fsp3) is 0.800. The van der Waals surface area contributed by atoms with E-state index in [2.05, 4.69) is 13.8 Å². The zero-order valence-corrected chi connectivity index (χ0v) is 14.3. The summed E-state index contributed by atoms with van der Waals surface area (Å²) >= 11 is 0. The van der Waals surface area contributed by atoms with Crippen LogP contribution in [0.25, 0.3) is 0 Å². The van der Waals surface area contributed by atoms with Gasteiger partial charge in [-0.25, -0.2) is 13.3 Å². The lowest BCUT2D eigenvalue weighted by molar-refractivity contribution is -0.138. The molecule has 0 aliphatic carbocycles. The Hall–Kier alpha value is -0.680. The zero-order valence-electron chi connectivity index (χ0n) is 13.4. The van der Waals surface area contributed by atoms with Gasteiger partial charge in [-0.3, -0.25) is 0 Å². The molecule has 0 amide bonds. The molecular weight excluding hydrogens is 274 g/mol. The molecule has 1 aliphatic heterocycles. The fourth-order valence-electron chi connectivity index (χ4n) is 2.27. The average molecular weight is 301 g/mol. The summed E-state index contributed by atoms with van der Waals surface area (Å²) in [7, 11) is -1.13. The van der Waals surface area contributed by atoms with Gasteiger partial charge in [-0.15, -0.1) is 0 Å². The van der Waals surface area contributed by atoms with E-state index in [9.17, 15) is 9.00 Å². The van der Waals surface area contributed by atoms with Crippen LogP contribution in [0.4, 0.5) is 0 Å². The molecule has 0 saturated carbocycles. The molecular formula is C15H27NO3S. The second-order valence-corrected chi connectivity index (χ2v) is 8.68. The summed E-state index contributed by atoms with van der Waals surface area (Å²) in [6, 6.07) is -0.103. The third kappa shape index (κ3) is 4.16. The predicted octanol–water partition coefficient (Wildman–Crippen LogP) is 2.67. The summed E-state index contributed by atoms with van der Waals surface area (Å²) in [5, 5.41) is 0. The van der Waals surface area contributed by atoms with Crippen molar-refractivity contribution in [3.05, 3.63) is 11.6 Å². The highest BCUT2D eigenvalue weighted by Crippen LogP contribution is 2.30. The molecule has 5 heteroatoms. The lowest BCUT2D eigenvalue weighted by atomic mass is 9.99. The van der Waals surface area contributed by atoms with E-state index in [-0.39, 0.29) is 16.8 Å². The van der Waals surface area contributed by atoms with Crippen molar-refractivity contribution in [3.8, 4) is 0 Å². The van der Waals surface area contributed by atoms with Crippen molar-refractivity contribution in [3.63, 3.8) is 0 Å². The number of rotatable bonds is 5. The third-order valence-electron chi connectivity index (χ3n) is 3.14. The normalized spacial score (nSPS) is 21.9. The first-order valence-corrected chi connectivity index (χ1v) is 8.35. The van der Waals surface area contributed by atoms with Gasteiger partial charge in [-0.1, -0.05) is 19.9 Å². The van der Waals surface area contributed by atoms with Crippen LogP contribution in [0.15, 0.2) is 11.6 Å². The van der Waals surface area contributed by atoms with E-state index in [0.717, 1.165) is 6.42 Å². The minimum absolute atomic E-state index is 0.103. The van der Waals surface area contributed by atoms with Gasteiger partial charge >= 0.3 is 5.97 Å². The molecule has 1 rings (SSSR count). The van der Waals surface area contributed by atoms with Crippen molar-refractivity contribution >= 4 is 17.0 Å². The Labute approximate surface area is 125 Å². The molecule has 116 valence electrons. The van der Waals surface area contributed by atoms with Crippen LogP contribution < -0.4 is 0 Å². The predicted molar refractivity (Wildman–Crippen MR) is 82.6 cm³/mol. The topological polar surface area (TPSA) is 46.6 Å². The molecule has 0 saturated heterocycles. The quantitative estimate of drug-likeness (QED) is 0.733. The number of hydrogen-bond donors (Lipinski definition) is 0. The highest BCUT2D eigenvalue weighted by molar-refractivity contribution is 7.84. The molecule has 4 nitrogen and oxygen atoms in total. The van der Waals surface area contributed by atoms with E-state index in [1.54, 1.807) is 6.92 Å². The maximum absolute atomic E-state index is 12.6. The minimum Gasteiger partial charge on any atom is -0.463 e. The summed E-state index contributed by atoms with van der Waals surface area (Å²) in [5.41, 5.74) is 0.665. The van der Waals surface area contributed by atoms with Crippen molar-refractivity contribution in [1.29, 1.82) is 0 Å². The van der Waals surface area contributed by atoms with Crippen LogP contribution in [-0.2, 0) is 20.5 Å². The number of carbonyl (C=O) groups is 1. The van der Waals surface area contributed by atoms with Crippen LogP contribution >= 0.6 is 0 Å². The average Bonchev–Trinajstić information content (AvgIpc) is 2.69. The standard InChI is InChI=1S/C15H27NO3S/c1-7-19-14(17)12-8-9-16(13(12)10-11(2)3)20(18)15(4,5)6/h8,11,13H,7,9-10H2,1-6H3/t13-,20?/m0/s1. The Kier molecular flexibility index (Phi) is 5.95. The van der Waals surface area contributed by atoms with Crippen molar-refractivity contribution in [1.82, 2.24) is 4.31 Å². The molecule has 0 aromatic carbocycles. The molecule has 1 heterocycles. The smallest absolute Gasteiger partial charge is 0.335 e. The lowest BCUT2D eigenvalue weighted by Gasteiger charge is -2.32. The van der Waals surface area contributed by atoms with Crippen molar-refractivity contribution < 1.29 is 13.7 Å². The number of carbonyl (C=O) groups excluding carboxylic acids is 1. The molecule has 0 bridgehead atoms. The summed E-state index contributed by atoms with van der Waals surface area (Å²) in [6.45, 7) is 12.8. The minimum atomic E-state index is -1.13.